The molecule has 0 aliphatic heterocycles. The zero-order valence-corrected chi connectivity index (χ0v) is 13.7. The lowest BCUT2D eigenvalue weighted by molar-refractivity contribution is 0.535. The van der Waals surface area contributed by atoms with Crippen LogP contribution in [0.2, 0.25) is 0 Å². The van der Waals surface area contributed by atoms with Crippen molar-refractivity contribution >= 4 is 23.1 Å². The summed E-state index contributed by atoms with van der Waals surface area (Å²) in [7, 11) is 0. The van der Waals surface area contributed by atoms with Gasteiger partial charge in [-0.15, -0.1) is 11.3 Å². The molecule has 0 aliphatic carbocycles. The second-order valence-electron chi connectivity index (χ2n) is 4.55. The molecular formula is C14H26N2S2. The number of rotatable bonds is 9. The van der Waals surface area contributed by atoms with Gasteiger partial charge in [0.2, 0.25) is 0 Å². The summed E-state index contributed by atoms with van der Waals surface area (Å²) in [6, 6.07) is 0.593. The Labute approximate surface area is 120 Å². The van der Waals surface area contributed by atoms with Crippen molar-refractivity contribution in [2.45, 2.75) is 65.3 Å². The van der Waals surface area contributed by atoms with Crippen molar-refractivity contribution in [3.63, 3.8) is 0 Å². The molecule has 104 valence electrons. The summed E-state index contributed by atoms with van der Waals surface area (Å²) in [5.41, 5.74) is 1.32. The van der Waals surface area contributed by atoms with Crippen molar-refractivity contribution in [3.05, 3.63) is 15.6 Å². The average Bonchev–Trinajstić information content (AvgIpc) is 2.76. The van der Waals surface area contributed by atoms with E-state index >= 15 is 0 Å². The predicted molar refractivity (Wildman–Crippen MR) is 84.5 cm³/mol. The van der Waals surface area contributed by atoms with E-state index < -0.39 is 0 Å². The van der Waals surface area contributed by atoms with Crippen LogP contribution in [-0.2, 0) is 18.7 Å². The van der Waals surface area contributed by atoms with Gasteiger partial charge in [0.15, 0.2) is 0 Å². The molecule has 1 unspecified atom stereocenters. The Morgan fingerprint density at radius 3 is 2.72 bits per heavy atom. The van der Waals surface area contributed by atoms with E-state index in [2.05, 4.69) is 33.0 Å². The van der Waals surface area contributed by atoms with Crippen LogP contribution in [0.1, 0.15) is 56.1 Å². The molecular weight excluding hydrogens is 260 g/mol. The molecule has 4 heteroatoms. The summed E-state index contributed by atoms with van der Waals surface area (Å²) >= 11 is 3.86. The molecule has 2 nitrogen and oxygen atoms in total. The molecule has 0 bridgehead atoms. The maximum absolute atomic E-state index is 4.80. The molecule has 0 spiro atoms. The Bertz CT molecular complexity index is 337. The fourth-order valence-electron chi connectivity index (χ4n) is 1.67. The highest BCUT2D eigenvalue weighted by molar-refractivity contribution is 7.98. The Morgan fingerprint density at radius 2 is 2.11 bits per heavy atom. The van der Waals surface area contributed by atoms with E-state index in [1.807, 2.05) is 23.1 Å². The molecule has 1 rings (SSSR count). The van der Waals surface area contributed by atoms with E-state index in [-0.39, 0.29) is 0 Å². The number of aryl methyl sites for hydroxylation is 1. The first-order valence-corrected chi connectivity index (χ1v) is 8.96. The van der Waals surface area contributed by atoms with Crippen LogP contribution in [0.15, 0.2) is 0 Å². The first-order valence-electron chi connectivity index (χ1n) is 6.99. The lowest BCUT2D eigenvalue weighted by Gasteiger charge is -2.10. The summed E-state index contributed by atoms with van der Waals surface area (Å²) in [6.45, 7) is 9.89. The molecule has 1 atom stereocenters. The number of hydrogen-bond donors (Lipinski definition) is 1. The van der Waals surface area contributed by atoms with Gasteiger partial charge in [-0.05, 0) is 25.5 Å². The average molecular weight is 287 g/mol. The summed E-state index contributed by atoms with van der Waals surface area (Å²) in [4.78, 5) is 6.25. The monoisotopic (exact) mass is 286 g/mol. The van der Waals surface area contributed by atoms with Gasteiger partial charge in [-0.25, -0.2) is 4.98 Å². The molecule has 1 heterocycles. The van der Waals surface area contributed by atoms with Crippen molar-refractivity contribution in [2.75, 3.05) is 5.75 Å². The van der Waals surface area contributed by atoms with E-state index in [1.165, 1.54) is 34.2 Å². The van der Waals surface area contributed by atoms with Gasteiger partial charge >= 0.3 is 0 Å². The van der Waals surface area contributed by atoms with Crippen molar-refractivity contribution in [3.8, 4) is 0 Å². The molecule has 1 N–H and O–H groups in total. The van der Waals surface area contributed by atoms with Crippen LogP contribution in [0.25, 0.3) is 0 Å². The number of nitrogens with one attached hydrogen (secondary N) is 1. The van der Waals surface area contributed by atoms with Gasteiger partial charge in [-0.2, -0.15) is 11.8 Å². The number of nitrogens with zero attached hydrogens (tertiary/aromatic N) is 1. The Morgan fingerprint density at radius 1 is 1.33 bits per heavy atom. The van der Waals surface area contributed by atoms with Gasteiger partial charge in [-0.1, -0.05) is 27.2 Å². The lowest BCUT2D eigenvalue weighted by Crippen LogP contribution is -2.24. The zero-order chi connectivity index (χ0) is 13.4. The molecule has 0 amide bonds. The van der Waals surface area contributed by atoms with E-state index in [4.69, 9.17) is 4.98 Å². The molecule has 1 aromatic rings. The van der Waals surface area contributed by atoms with Crippen molar-refractivity contribution in [1.29, 1.82) is 0 Å². The number of thiazole rings is 1. The maximum Gasteiger partial charge on any atom is 0.103 e. The lowest BCUT2D eigenvalue weighted by atomic mass is 10.2. The second-order valence-corrected chi connectivity index (χ2v) is 7.00. The summed E-state index contributed by atoms with van der Waals surface area (Å²) in [5, 5.41) is 4.88. The highest BCUT2D eigenvalue weighted by Crippen LogP contribution is 2.23. The fraction of sp³-hybridized carbons (Fsp3) is 0.786. The van der Waals surface area contributed by atoms with Crippen LogP contribution in [0, 0.1) is 0 Å². The summed E-state index contributed by atoms with van der Waals surface area (Å²) in [6.07, 6.45) is 3.48. The Kier molecular flexibility index (Phi) is 7.95. The van der Waals surface area contributed by atoms with Crippen molar-refractivity contribution < 1.29 is 0 Å². The van der Waals surface area contributed by atoms with Crippen LogP contribution in [0.3, 0.4) is 0 Å². The predicted octanol–water partition coefficient (Wildman–Crippen LogP) is 4.24. The second kappa shape index (κ2) is 8.94. The number of aromatic nitrogens is 1. The third-order valence-corrected chi connectivity index (χ3v) is 5.13. The Hall–Kier alpha value is -0.0600. The minimum atomic E-state index is 0.593. The minimum absolute atomic E-state index is 0.593. The first kappa shape index (κ1) is 16.0. The van der Waals surface area contributed by atoms with E-state index in [1.54, 1.807) is 0 Å². The first-order chi connectivity index (χ1) is 8.71. The minimum Gasteiger partial charge on any atom is -0.309 e. The van der Waals surface area contributed by atoms with Gasteiger partial charge in [-0.3, -0.25) is 0 Å². The largest absolute Gasteiger partial charge is 0.309 e. The van der Waals surface area contributed by atoms with Crippen LogP contribution < -0.4 is 5.32 Å². The highest BCUT2D eigenvalue weighted by atomic mass is 32.2. The van der Waals surface area contributed by atoms with Crippen molar-refractivity contribution in [2.24, 2.45) is 0 Å². The van der Waals surface area contributed by atoms with E-state index in [0.29, 0.717) is 6.04 Å². The van der Waals surface area contributed by atoms with Gasteiger partial charge in [0, 0.05) is 23.2 Å². The number of thioether (sulfide) groups is 1. The van der Waals surface area contributed by atoms with Crippen LogP contribution >= 0.6 is 23.1 Å². The summed E-state index contributed by atoms with van der Waals surface area (Å²) in [5.74, 6) is 2.24. The SMILES string of the molecule is CCCc1nc(CSCC)sc1CNC(C)CC. The smallest absolute Gasteiger partial charge is 0.103 e. The fourth-order valence-corrected chi connectivity index (χ4v) is 3.46. The molecule has 0 fully saturated rings. The molecule has 1 aromatic heterocycles. The van der Waals surface area contributed by atoms with E-state index in [9.17, 15) is 0 Å². The van der Waals surface area contributed by atoms with Crippen molar-refractivity contribution in [1.82, 2.24) is 10.3 Å². The molecule has 0 aromatic carbocycles. The standard InChI is InChI=1S/C14H26N2S2/c1-5-8-12-13(9-15-11(4)6-2)18-14(16-12)10-17-7-3/h11,15H,5-10H2,1-4H3. The van der Waals surface area contributed by atoms with Gasteiger partial charge < -0.3 is 5.32 Å². The van der Waals surface area contributed by atoms with Crippen LogP contribution in [0.4, 0.5) is 0 Å². The third-order valence-electron chi connectivity index (χ3n) is 2.96. The van der Waals surface area contributed by atoms with Crippen LogP contribution in [-0.4, -0.2) is 16.8 Å². The number of hydrogen-bond acceptors (Lipinski definition) is 4. The third kappa shape index (κ3) is 5.29. The van der Waals surface area contributed by atoms with Gasteiger partial charge in [0.25, 0.3) is 0 Å². The highest BCUT2D eigenvalue weighted by Gasteiger charge is 2.11. The van der Waals surface area contributed by atoms with Gasteiger partial charge in [0.1, 0.15) is 5.01 Å². The summed E-state index contributed by atoms with van der Waals surface area (Å²) < 4.78 is 0. The van der Waals surface area contributed by atoms with E-state index in [0.717, 1.165) is 18.7 Å². The molecule has 0 radical (unpaired) electrons. The molecule has 0 aliphatic rings. The molecule has 18 heavy (non-hydrogen) atoms. The normalized spacial score (nSPS) is 12.9. The maximum atomic E-state index is 4.80. The molecule has 0 saturated heterocycles. The van der Waals surface area contributed by atoms with Gasteiger partial charge in [0.05, 0.1) is 5.69 Å². The van der Waals surface area contributed by atoms with Crippen LogP contribution in [0.5, 0.6) is 0 Å². The Balaban J connectivity index is 2.64. The topological polar surface area (TPSA) is 24.9 Å². The quantitative estimate of drug-likeness (QED) is 0.735. The zero-order valence-electron chi connectivity index (χ0n) is 12.1. The molecule has 0 saturated carbocycles.